The lowest BCUT2D eigenvalue weighted by Crippen LogP contribution is -2.46. The molecule has 1 saturated heterocycles. The molecule has 0 radical (unpaired) electrons. The van der Waals surface area contributed by atoms with Gasteiger partial charge in [-0.15, -0.1) is 0 Å². The van der Waals surface area contributed by atoms with Gasteiger partial charge in [0.2, 0.25) is 0 Å². The summed E-state index contributed by atoms with van der Waals surface area (Å²) in [6.07, 6.45) is 2.81. The van der Waals surface area contributed by atoms with Gasteiger partial charge in [-0.1, -0.05) is 0 Å². The highest BCUT2D eigenvalue weighted by molar-refractivity contribution is 6.04. The van der Waals surface area contributed by atoms with E-state index in [2.05, 4.69) is 27.5 Å². The second-order valence-corrected chi connectivity index (χ2v) is 9.14. The lowest BCUT2D eigenvalue weighted by molar-refractivity contribution is -0.125. The summed E-state index contributed by atoms with van der Waals surface area (Å²) in [7, 11) is 0. The number of amides is 2. The fraction of sp³-hybridized carbons (Fsp3) is 0.133. The Bertz CT molecular complexity index is 1770. The monoisotopic (exact) mass is 570 g/mol. The van der Waals surface area contributed by atoms with Crippen LogP contribution in [-0.2, 0) is 4.79 Å². The molecule has 12 heteroatoms. The molecule has 10 nitrogen and oxygen atoms in total. The topological polar surface area (TPSA) is 132 Å². The third-order valence-electron chi connectivity index (χ3n) is 6.35. The van der Waals surface area contributed by atoms with E-state index in [9.17, 15) is 18.8 Å². The molecule has 5 rings (SSSR count). The van der Waals surface area contributed by atoms with Gasteiger partial charge in [0, 0.05) is 68.0 Å². The first-order chi connectivity index (χ1) is 20.3. The van der Waals surface area contributed by atoms with E-state index < -0.39 is 23.1 Å². The molecule has 0 bridgehead atoms. The van der Waals surface area contributed by atoms with E-state index in [0.717, 1.165) is 6.07 Å². The molecule has 2 amide bonds. The minimum Gasteiger partial charge on any atom is -0.453 e. The molecular weight excluding hydrogens is 546 g/mol. The maximum Gasteiger partial charge on any atom is 0.298 e. The Labute approximate surface area is 238 Å². The van der Waals surface area contributed by atoms with Gasteiger partial charge in [0.1, 0.15) is 28.5 Å². The summed E-state index contributed by atoms with van der Waals surface area (Å²) < 4.78 is 35.2. The van der Waals surface area contributed by atoms with Crippen molar-refractivity contribution in [1.82, 2.24) is 19.8 Å². The van der Waals surface area contributed by atoms with Crippen molar-refractivity contribution in [2.24, 2.45) is 0 Å². The van der Waals surface area contributed by atoms with Crippen LogP contribution in [0.3, 0.4) is 0 Å². The SMILES string of the molecule is Nc1nccc(Oc2ccc(NC(=O)c3cccn(-c4ccc(F)cc4)c3=O)cc2F)c1C#CC(=O)N1CCNCC1. The van der Waals surface area contributed by atoms with Gasteiger partial charge in [0.25, 0.3) is 17.4 Å². The van der Waals surface area contributed by atoms with E-state index in [1.165, 1.54) is 71.6 Å². The zero-order chi connectivity index (χ0) is 29.6. The Morgan fingerprint density at radius 2 is 1.79 bits per heavy atom. The van der Waals surface area contributed by atoms with Crippen LogP contribution in [0.2, 0.25) is 0 Å². The summed E-state index contributed by atoms with van der Waals surface area (Å²) in [6.45, 7) is 2.40. The number of rotatable bonds is 5. The number of carbonyl (C=O) groups is 2. The van der Waals surface area contributed by atoms with Gasteiger partial charge >= 0.3 is 0 Å². The van der Waals surface area contributed by atoms with Crippen LogP contribution in [0.5, 0.6) is 11.5 Å². The van der Waals surface area contributed by atoms with Crippen LogP contribution >= 0.6 is 0 Å². The van der Waals surface area contributed by atoms with Gasteiger partial charge in [-0.25, -0.2) is 13.8 Å². The molecule has 0 atom stereocenters. The third-order valence-corrected chi connectivity index (χ3v) is 6.35. The predicted octanol–water partition coefficient (Wildman–Crippen LogP) is 2.92. The molecule has 2 aromatic carbocycles. The normalized spacial score (nSPS) is 12.7. The fourth-order valence-electron chi connectivity index (χ4n) is 4.18. The molecule has 4 aromatic rings. The van der Waals surface area contributed by atoms with Crippen molar-refractivity contribution in [3.63, 3.8) is 0 Å². The molecular formula is C30H24F2N6O4. The molecule has 0 spiro atoms. The van der Waals surface area contributed by atoms with Crippen LogP contribution in [0.15, 0.2) is 77.9 Å². The molecule has 42 heavy (non-hydrogen) atoms. The van der Waals surface area contributed by atoms with Crippen LogP contribution in [0.25, 0.3) is 5.69 Å². The summed E-state index contributed by atoms with van der Waals surface area (Å²) in [5, 5.41) is 5.65. The summed E-state index contributed by atoms with van der Waals surface area (Å²) in [5.74, 6) is 2.70. The standard InChI is InChI=1S/C30H24F2N6O4/c31-19-3-6-21(7-4-19)38-15-1-2-23(30(38)41)29(40)36-20-5-9-26(24(32)18-20)42-25-11-12-35-28(33)22(25)8-10-27(39)37-16-13-34-14-17-37/h1-7,9,11-12,15,18,34H,13-14,16-17H2,(H2,33,35)(H,36,40). The first-order valence-corrected chi connectivity index (χ1v) is 12.8. The predicted molar refractivity (Wildman–Crippen MR) is 151 cm³/mol. The lowest BCUT2D eigenvalue weighted by atomic mass is 10.2. The number of hydrogen-bond donors (Lipinski definition) is 3. The number of nitrogens with one attached hydrogen (secondary N) is 2. The first-order valence-electron chi connectivity index (χ1n) is 12.8. The third kappa shape index (κ3) is 6.27. The van der Waals surface area contributed by atoms with E-state index in [4.69, 9.17) is 10.5 Å². The van der Waals surface area contributed by atoms with Crippen LogP contribution < -0.4 is 26.7 Å². The second-order valence-electron chi connectivity index (χ2n) is 9.14. The highest BCUT2D eigenvalue weighted by Gasteiger charge is 2.17. The molecule has 2 aromatic heterocycles. The molecule has 1 aliphatic rings. The Morgan fingerprint density at radius 1 is 1.02 bits per heavy atom. The summed E-state index contributed by atoms with van der Waals surface area (Å²) in [5.41, 5.74) is 5.69. The van der Waals surface area contributed by atoms with Gasteiger partial charge in [-0.2, -0.15) is 0 Å². The van der Waals surface area contributed by atoms with Crippen molar-refractivity contribution in [2.45, 2.75) is 0 Å². The number of nitrogen functional groups attached to an aromatic ring is 1. The molecule has 1 aliphatic heterocycles. The van der Waals surface area contributed by atoms with E-state index in [0.29, 0.717) is 31.9 Å². The molecule has 212 valence electrons. The molecule has 0 unspecified atom stereocenters. The number of anilines is 2. The number of nitrogens with two attached hydrogens (primary N) is 1. The van der Waals surface area contributed by atoms with Crippen molar-refractivity contribution in [3.8, 4) is 29.0 Å². The van der Waals surface area contributed by atoms with Crippen molar-refractivity contribution < 1.29 is 23.1 Å². The highest BCUT2D eigenvalue weighted by atomic mass is 19.1. The molecule has 0 aliphatic carbocycles. The van der Waals surface area contributed by atoms with Crippen molar-refractivity contribution in [2.75, 3.05) is 37.2 Å². The van der Waals surface area contributed by atoms with Gasteiger partial charge in [0.05, 0.1) is 0 Å². The number of pyridine rings is 2. The Balaban J connectivity index is 1.32. The van der Waals surface area contributed by atoms with Crippen LogP contribution in [-0.4, -0.2) is 52.4 Å². The number of hydrogen-bond acceptors (Lipinski definition) is 7. The number of halogens is 2. The zero-order valence-electron chi connectivity index (χ0n) is 22.1. The second kappa shape index (κ2) is 12.3. The molecule has 3 heterocycles. The van der Waals surface area contributed by atoms with Crippen molar-refractivity contribution >= 4 is 23.3 Å². The summed E-state index contributed by atoms with van der Waals surface area (Å²) >= 11 is 0. The number of nitrogens with zero attached hydrogens (tertiary/aromatic N) is 3. The van der Waals surface area contributed by atoms with Gasteiger partial charge in [0.15, 0.2) is 11.6 Å². The average molecular weight is 571 g/mol. The van der Waals surface area contributed by atoms with Crippen molar-refractivity contribution in [3.05, 3.63) is 106 Å². The smallest absolute Gasteiger partial charge is 0.298 e. The number of carbonyl (C=O) groups excluding carboxylic acids is 2. The minimum absolute atomic E-state index is 0.00607. The summed E-state index contributed by atoms with van der Waals surface area (Å²) in [6, 6.07) is 13.2. The Hall–Kier alpha value is -5.54. The maximum absolute atomic E-state index is 15.1. The maximum atomic E-state index is 15.1. The minimum atomic E-state index is -0.823. The highest BCUT2D eigenvalue weighted by Crippen LogP contribution is 2.30. The number of aromatic nitrogens is 2. The van der Waals surface area contributed by atoms with Crippen LogP contribution in [0, 0.1) is 23.5 Å². The molecule has 0 saturated carbocycles. The van der Waals surface area contributed by atoms with Crippen LogP contribution in [0.4, 0.5) is 20.3 Å². The summed E-state index contributed by atoms with van der Waals surface area (Å²) in [4.78, 5) is 43.8. The quantitative estimate of drug-likeness (QED) is 0.315. The van der Waals surface area contributed by atoms with Gasteiger partial charge in [-0.05, 0) is 54.5 Å². The van der Waals surface area contributed by atoms with Gasteiger partial charge in [-0.3, -0.25) is 19.0 Å². The first kappa shape index (κ1) is 28.0. The number of ether oxygens (including phenoxy) is 1. The molecule has 1 fully saturated rings. The fourth-order valence-corrected chi connectivity index (χ4v) is 4.18. The zero-order valence-corrected chi connectivity index (χ0v) is 22.1. The van der Waals surface area contributed by atoms with E-state index in [1.807, 2.05) is 0 Å². The van der Waals surface area contributed by atoms with Gasteiger partial charge < -0.3 is 26.0 Å². The van der Waals surface area contributed by atoms with E-state index in [-0.39, 0.29) is 40.0 Å². The molecule has 4 N–H and O–H groups in total. The average Bonchev–Trinajstić information content (AvgIpc) is 2.99. The Kier molecular flexibility index (Phi) is 8.22. The van der Waals surface area contributed by atoms with Crippen LogP contribution in [0.1, 0.15) is 15.9 Å². The largest absolute Gasteiger partial charge is 0.453 e. The van der Waals surface area contributed by atoms with E-state index in [1.54, 1.807) is 4.90 Å². The Morgan fingerprint density at radius 3 is 2.52 bits per heavy atom. The van der Waals surface area contributed by atoms with E-state index >= 15 is 4.39 Å². The van der Waals surface area contributed by atoms with Crippen molar-refractivity contribution in [1.29, 1.82) is 0 Å². The number of piperazine rings is 1. The number of benzene rings is 2. The lowest BCUT2D eigenvalue weighted by Gasteiger charge is -2.25.